The van der Waals surface area contributed by atoms with Gasteiger partial charge in [-0.1, -0.05) is 17.7 Å². The summed E-state index contributed by atoms with van der Waals surface area (Å²) in [6.45, 7) is 1.86. The number of carbonyl (C=O) groups excluding carboxylic acids is 1. The molecular formula is C13H10BrClN2O. The van der Waals surface area contributed by atoms with E-state index < -0.39 is 0 Å². The minimum absolute atomic E-state index is 0.227. The molecule has 0 unspecified atom stereocenters. The average molecular weight is 326 g/mol. The number of pyridine rings is 1. The van der Waals surface area contributed by atoms with Crippen molar-refractivity contribution in [1.29, 1.82) is 0 Å². The fourth-order valence-corrected chi connectivity index (χ4v) is 2.02. The molecule has 92 valence electrons. The van der Waals surface area contributed by atoms with Gasteiger partial charge in [0.25, 0.3) is 5.91 Å². The lowest BCUT2D eigenvalue weighted by Crippen LogP contribution is -2.14. The molecule has 0 atom stereocenters. The summed E-state index contributed by atoms with van der Waals surface area (Å²) in [6, 6.07) is 8.80. The molecule has 1 aromatic heterocycles. The summed E-state index contributed by atoms with van der Waals surface area (Å²) in [5.74, 6) is 0.260. The molecule has 3 nitrogen and oxygen atoms in total. The molecule has 2 aromatic rings. The number of hydrogen-bond acceptors (Lipinski definition) is 2. The van der Waals surface area contributed by atoms with Crippen LogP contribution < -0.4 is 5.32 Å². The van der Waals surface area contributed by atoms with Crippen molar-refractivity contribution in [3.8, 4) is 0 Å². The summed E-state index contributed by atoms with van der Waals surface area (Å²) in [7, 11) is 0. The molecule has 0 saturated carbocycles. The molecule has 0 aliphatic heterocycles. The summed E-state index contributed by atoms with van der Waals surface area (Å²) in [4.78, 5) is 16.2. The zero-order chi connectivity index (χ0) is 13.1. The molecule has 1 amide bonds. The third-order valence-electron chi connectivity index (χ3n) is 2.43. The Bertz CT molecular complexity index is 601. The Balaban J connectivity index is 2.28. The third kappa shape index (κ3) is 2.89. The molecule has 1 aromatic carbocycles. The van der Waals surface area contributed by atoms with Gasteiger partial charge < -0.3 is 5.32 Å². The number of benzene rings is 1. The van der Waals surface area contributed by atoms with E-state index in [9.17, 15) is 4.79 Å². The van der Waals surface area contributed by atoms with Crippen LogP contribution in [0.3, 0.4) is 0 Å². The first-order valence-corrected chi connectivity index (χ1v) is 6.43. The van der Waals surface area contributed by atoms with Crippen LogP contribution in [0.2, 0.25) is 5.02 Å². The van der Waals surface area contributed by atoms with Gasteiger partial charge in [-0.05, 0) is 52.7 Å². The van der Waals surface area contributed by atoms with E-state index >= 15 is 0 Å². The van der Waals surface area contributed by atoms with E-state index in [0.717, 1.165) is 10.0 Å². The highest BCUT2D eigenvalue weighted by molar-refractivity contribution is 9.10. The highest BCUT2D eigenvalue weighted by atomic mass is 79.9. The normalized spacial score (nSPS) is 10.2. The van der Waals surface area contributed by atoms with Gasteiger partial charge in [0.1, 0.15) is 5.82 Å². The summed E-state index contributed by atoms with van der Waals surface area (Å²) < 4.78 is 0.734. The molecule has 0 aliphatic carbocycles. The van der Waals surface area contributed by atoms with Gasteiger partial charge in [-0.2, -0.15) is 0 Å². The number of halogens is 2. The second-order valence-electron chi connectivity index (χ2n) is 3.75. The minimum Gasteiger partial charge on any atom is -0.306 e. The van der Waals surface area contributed by atoms with Crippen molar-refractivity contribution in [3.05, 3.63) is 57.2 Å². The number of aryl methyl sites for hydroxylation is 1. The average Bonchev–Trinajstić information content (AvgIpc) is 2.35. The van der Waals surface area contributed by atoms with E-state index in [1.54, 1.807) is 24.4 Å². The van der Waals surface area contributed by atoms with Gasteiger partial charge in [0.2, 0.25) is 0 Å². The van der Waals surface area contributed by atoms with Crippen LogP contribution in [0.25, 0.3) is 0 Å². The van der Waals surface area contributed by atoms with Gasteiger partial charge in [-0.3, -0.25) is 4.79 Å². The molecule has 1 N–H and O–H groups in total. The third-order valence-corrected chi connectivity index (χ3v) is 3.31. The first kappa shape index (κ1) is 13.1. The van der Waals surface area contributed by atoms with Crippen LogP contribution in [0.4, 0.5) is 5.82 Å². The van der Waals surface area contributed by atoms with Crippen LogP contribution in [0.5, 0.6) is 0 Å². The summed E-state index contributed by atoms with van der Waals surface area (Å²) in [5, 5.41) is 3.27. The summed E-state index contributed by atoms with van der Waals surface area (Å²) in [6.07, 6.45) is 1.62. The van der Waals surface area contributed by atoms with E-state index in [1.165, 1.54) is 0 Å². The van der Waals surface area contributed by atoms with Crippen molar-refractivity contribution < 1.29 is 4.79 Å². The van der Waals surface area contributed by atoms with Crippen molar-refractivity contribution in [2.45, 2.75) is 6.92 Å². The Morgan fingerprint density at radius 1 is 1.39 bits per heavy atom. The maximum atomic E-state index is 12.1. The molecule has 0 bridgehead atoms. The Morgan fingerprint density at radius 2 is 2.17 bits per heavy atom. The highest BCUT2D eigenvalue weighted by Gasteiger charge is 2.11. The molecule has 0 aliphatic rings. The van der Waals surface area contributed by atoms with Gasteiger partial charge in [-0.15, -0.1) is 0 Å². The van der Waals surface area contributed by atoms with Gasteiger partial charge in [0, 0.05) is 16.8 Å². The molecule has 5 heteroatoms. The SMILES string of the molecule is Cc1ccc(Cl)cc1C(=O)Nc1ncccc1Br. The number of anilines is 1. The first-order valence-electron chi connectivity index (χ1n) is 5.26. The topological polar surface area (TPSA) is 42.0 Å². The quantitative estimate of drug-likeness (QED) is 0.905. The predicted molar refractivity (Wildman–Crippen MR) is 76.1 cm³/mol. The second-order valence-corrected chi connectivity index (χ2v) is 5.04. The molecule has 0 saturated heterocycles. The largest absolute Gasteiger partial charge is 0.306 e. The number of rotatable bonds is 2. The summed E-state index contributed by atoms with van der Waals surface area (Å²) >= 11 is 9.22. The fourth-order valence-electron chi connectivity index (χ4n) is 1.49. The maximum Gasteiger partial charge on any atom is 0.257 e. The van der Waals surface area contributed by atoms with Crippen LogP contribution in [0.15, 0.2) is 41.0 Å². The van der Waals surface area contributed by atoms with E-state index in [-0.39, 0.29) is 5.91 Å². The Hall–Kier alpha value is -1.39. The van der Waals surface area contributed by atoms with E-state index in [2.05, 4.69) is 26.2 Å². The number of hydrogen-bond donors (Lipinski definition) is 1. The number of carbonyl (C=O) groups is 1. The zero-order valence-electron chi connectivity index (χ0n) is 9.58. The number of nitrogens with zero attached hydrogens (tertiary/aromatic N) is 1. The molecule has 0 spiro atoms. The number of aromatic nitrogens is 1. The van der Waals surface area contributed by atoms with Crippen molar-refractivity contribution in [1.82, 2.24) is 4.98 Å². The molecule has 18 heavy (non-hydrogen) atoms. The van der Waals surface area contributed by atoms with E-state index in [4.69, 9.17) is 11.6 Å². The lowest BCUT2D eigenvalue weighted by molar-refractivity contribution is 0.102. The van der Waals surface area contributed by atoms with Gasteiger partial charge in [0.05, 0.1) is 4.47 Å². The van der Waals surface area contributed by atoms with Crippen LogP contribution in [0, 0.1) is 6.92 Å². The summed E-state index contributed by atoms with van der Waals surface area (Å²) in [5.41, 5.74) is 1.41. The molecule has 0 fully saturated rings. The molecular weight excluding hydrogens is 316 g/mol. The fraction of sp³-hybridized carbons (Fsp3) is 0.0769. The lowest BCUT2D eigenvalue weighted by atomic mass is 10.1. The molecule has 2 rings (SSSR count). The zero-order valence-corrected chi connectivity index (χ0v) is 11.9. The van der Waals surface area contributed by atoms with Crippen molar-refractivity contribution in [3.63, 3.8) is 0 Å². The van der Waals surface area contributed by atoms with Crippen molar-refractivity contribution in [2.24, 2.45) is 0 Å². The Kier molecular flexibility index (Phi) is 3.99. The van der Waals surface area contributed by atoms with Gasteiger partial charge in [0.15, 0.2) is 0 Å². The first-order chi connectivity index (χ1) is 8.58. The lowest BCUT2D eigenvalue weighted by Gasteiger charge is -2.08. The highest BCUT2D eigenvalue weighted by Crippen LogP contribution is 2.21. The van der Waals surface area contributed by atoms with Crippen LogP contribution in [-0.4, -0.2) is 10.9 Å². The van der Waals surface area contributed by atoms with Crippen molar-refractivity contribution in [2.75, 3.05) is 5.32 Å². The maximum absolute atomic E-state index is 12.1. The van der Waals surface area contributed by atoms with Gasteiger partial charge in [-0.25, -0.2) is 4.98 Å². The molecule has 0 radical (unpaired) electrons. The van der Waals surface area contributed by atoms with Crippen LogP contribution in [0.1, 0.15) is 15.9 Å². The molecule has 1 heterocycles. The predicted octanol–water partition coefficient (Wildman–Crippen LogP) is 4.06. The standard InChI is InChI=1S/C13H10BrClN2O/c1-8-4-5-9(15)7-10(8)13(18)17-12-11(14)3-2-6-16-12/h2-7H,1H3,(H,16,17,18). The van der Waals surface area contributed by atoms with Crippen LogP contribution in [-0.2, 0) is 0 Å². The van der Waals surface area contributed by atoms with Crippen LogP contribution >= 0.6 is 27.5 Å². The number of nitrogens with one attached hydrogen (secondary N) is 1. The minimum atomic E-state index is -0.227. The Labute approximate surface area is 118 Å². The smallest absolute Gasteiger partial charge is 0.257 e. The van der Waals surface area contributed by atoms with Gasteiger partial charge >= 0.3 is 0 Å². The monoisotopic (exact) mass is 324 g/mol. The second kappa shape index (κ2) is 5.50. The Morgan fingerprint density at radius 3 is 2.89 bits per heavy atom. The van der Waals surface area contributed by atoms with E-state index in [1.807, 2.05) is 19.1 Å². The van der Waals surface area contributed by atoms with Crippen molar-refractivity contribution >= 4 is 39.3 Å². The van der Waals surface area contributed by atoms with E-state index in [0.29, 0.717) is 16.4 Å². The number of amides is 1.